The topological polar surface area (TPSA) is 105 Å². The van der Waals surface area contributed by atoms with Crippen molar-refractivity contribution in [3.63, 3.8) is 0 Å². The molecule has 7 heteroatoms. The van der Waals surface area contributed by atoms with Gasteiger partial charge in [-0.25, -0.2) is 0 Å². The van der Waals surface area contributed by atoms with Crippen LogP contribution in [-0.4, -0.2) is 49.7 Å². The van der Waals surface area contributed by atoms with E-state index in [1.807, 2.05) is 0 Å². The molecule has 0 aromatic heterocycles. The van der Waals surface area contributed by atoms with E-state index >= 15 is 0 Å². The van der Waals surface area contributed by atoms with Crippen molar-refractivity contribution in [1.29, 1.82) is 0 Å². The number of hydrogen-bond donors (Lipinski definition) is 3. The van der Waals surface area contributed by atoms with Crippen LogP contribution >= 0.6 is 0 Å². The van der Waals surface area contributed by atoms with Gasteiger partial charge in [0.1, 0.15) is 0 Å². The number of rotatable bonds is 7. The van der Waals surface area contributed by atoms with E-state index in [9.17, 15) is 14.4 Å². The molecule has 0 saturated heterocycles. The van der Waals surface area contributed by atoms with Crippen LogP contribution in [0.3, 0.4) is 0 Å². The van der Waals surface area contributed by atoms with E-state index in [0.29, 0.717) is 19.6 Å². The highest BCUT2D eigenvalue weighted by molar-refractivity contribution is 5.91. The molecule has 1 rings (SSSR count). The van der Waals surface area contributed by atoms with E-state index in [0.717, 1.165) is 0 Å². The summed E-state index contributed by atoms with van der Waals surface area (Å²) in [5.74, 6) is -2.73. The molecular weight excluding hydrogens is 228 g/mol. The number of nitrogens with one attached hydrogen (secondary N) is 2. The van der Waals surface area contributed by atoms with Crippen molar-refractivity contribution >= 4 is 17.8 Å². The zero-order valence-corrected chi connectivity index (χ0v) is 9.56. The Labute approximate surface area is 98.5 Å². The fourth-order valence-electron chi connectivity index (χ4n) is 1.41. The average Bonchev–Trinajstić information content (AvgIpc) is 3.06. The highest BCUT2D eigenvalue weighted by Crippen LogP contribution is 2.38. The predicted molar refractivity (Wildman–Crippen MR) is 57.1 cm³/mol. The number of ether oxygens (including phenoxy) is 1. The van der Waals surface area contributed by atoms with E-state index in [-0.39, 0.29) is 18.4 Å². The lowest BCUT2D eigenvalue weighted by atomic mass is 10.3. The molecular formula is C10H16N2O5. The highest BCUT2D eigenvalue weighted by atomic mass is 16.5. The molecule has 0 aromatic rings. The van der Waals surface area contributed by atoms with Crippen molar-refractivity contribution in [3.8, 4) is 0 Å². The maximum absolute atomic E-state index is 11.4. The third-order valence-corrected chi connectivity index (χ3v) is 2.50. The summed E-state index contributed by atoms with van der Waals surface area (Å²) in [5, 5.41) is 13.6. The van der Waals surface area contributed by atoms with Crippen LogP contribution in [0.15, 0.2) is 0 Å². The Morgan fingerprint density at radius 1 is 1.29 bits per heavy atom. The Hall–Kier alpha value is -1.63. The van der Waals surface area contributed by atoms with Gasteiger partial charge in [-0.05, 0) is 6.42 Å². The van der Waals surface area contributed by atoms with Crippen LogP contribution < -0.4 is 10.6 Å². The molecule has 0 unspecified atom stereocenters. The first-order valence-electron chi connectivity index (χ1n) is 5.32. The minimum Gasteiger partial charge on any atom is -0.481 e. The largest absolute Gasteiger partial charge is 0.481 e. The molecule has 0 radical (unpaired) electrons. The minimum atomic E-state index is -0.963. The van der Waals surface area contributed by atoms with Gasteiger partial charge in [-0.1, -0.05) is 0 Å². The van der Waals surface area contributed by atoms with E-state index < -0.39 is 17.8 Å². The van der Waals surface area contributed by atoms with Gasteiger partial charge in [0.2, 0.25) is 11.8 Å². The first kappa shape index (κ1) is 13.4. The van der Waals surface area contributed by atoms with Gasteiger partial charge in [0, 0.05) is 13.7 Å². The number of carbonyl (C=O) groups excluding carboxylic acids is 2. The standard InChI is InChI=1S/C10H16N2O5/c1-17-3-2-11-8(13)5-12-9(14)6-4-7(6)10(15)16/h6-7H,2-5H2,1H3,(H,11,13)(H,12,14)(H,15,16)/t6-,7+/m1/s1. The smallest absolute Gasteiger partial charge is 0.307 e. The third kappa shape index (κ3) is 4.39. The summed E-state index contributed by atoms with van der Waals surface area (Å²) in [6, 6.07) is 0. The molecule has 1 fully saturated rings. The molecule has 17 heavy (non-hydrogen) atoms. The van der Waals surface area contributed by atoms with Crippen LogP contribution in [0.1, 0.15) is 6.42 Å². The van der Waals surface area contributed by atoms with Crippen LogP contribution in [0.4, 0.5) is 0 Å². The Morgan fingerprint density at radius 2 is 2.00 bits per heavy atom. The van der Waals surface area contributed by atoms with Crippen molar-refractivity contribution < 1.29 is 24.2 Å². The normalized spacial score (nSPS) is 21.7. The van der Waals surface area contributed by atoms with Gasteiger partial charge in [0.25, 0.3) is 0 Å². The highest BCUT2D eigenvalue weighted by Gasteiger charge is 2.48. The number of hydrogen-bond acceptors (Lipinski definition) is 4. The van der Waals surface area contributed by atoms with E-state index in [1.54, 1.807) is 0 Å². The fourth-order valence-corrected chi connectivity index (χ4v) is 1.41. The van der Waals surface area contributed by atoms with Crippen molar-refractivity contribution in [1.82, 2.24) is 10.6 Å². The van der Waals surface area contributed by atoms with Crippen LogP contribution in [0.25, 0.3) is 0 Å². The van der Waals surface area contributed by atoms with Gasteiger partial charge >= 0.3 is 5.97 Å². The summed E-state index contributed by atoms with van der Waals surface area (Å²) < 4.78 is 4.74. The first-order chi connectivity index (χ1) is 8.06. The predicted octanol–water partition coefficient (Wildman–Crippen LogP) is -1.41. The van der Waals surface area contributed by atoms with Gasteiger partial charge in [-0.15, -0.1) is 0 Å². The molecule has 2 amide bonds. The summed E-state index contributed by atoms with van der Waals surface area (Å²) in [4.78, 5) is 33.1. The SMILES string of the molecule is COCCNC(=O)CNC(=O)[C@@H]1C[C@@H]1C(=O)O. The Bertz CT molecular complexity index is 318. The third-order valence-electron chi connectivity index (χ3n) is 2.50. The minimum absolute atomic E-state index is 0.134. The van der Waals surface area contributed by atoms with E-state index in [1.165, 1.54) is 7.11 Å². The molecule has 0 heterocycles. The maximum atomic E-state index is 11.4. The second-order valence-corrected chi connectivity index (χ2v) is 3.85. The van der Waals surface area contributed by atoms with Crippen molar-refractivity contribution in [2.75, 3.05) is 26.8 Å². The summed E-state index contributed by atoms with van der Waals surface area (Å²) in [5.41, 5.74) is 0. The van der Waals surface area contributed by atoms with Gasteiger partial charge < -0.3 is 20.5 Å². The van der Waals surface area contributed by atoms with Crippen molar-refractivity contribution in [3.05, 3.63) is 0 Å². The lowest BCUT2D eigenvalue weighted by Gasteiger charge is -2.05. The number of methoxy groups -OCH3 is 1. The quantitative estimate of drug-likeness (QED) is 0.477. The zero-order valence-electron chi connectivity index (χ0n) is 9.56. The molecule has 1 aliphatic carbocycles. The molecule has 3 N–H and O–H groups in total. The van der Waals surface area contributed by atoms with Crippen LogP contribution in [-0.2, 0) is 19.1 Å². The lowest BCUT2D eigenvalue weighted by Crippen LogP contribution is -2.39. The van der Waals surface area contributed by atoms with Crippen LogP contribution in [0.5, 0.6) is 0 Å². The van der Waals surface area contributed by atoms with Gasteiger partial charge in [-0.2, -0.15) is 0 Å². The monoisotopic (exact) mass is 244 g/mol. The summed E-state index contributed by atoms with van der Waals surface area (Å²) in [6.07, 6.45) is 0.354. The van der Waals surface area contributed by atoms with Crippen LogP contribution in [0, 0.1) is 11.8 Å². The summed E-state index contributed by atoms with van der Waals surface area (Å²) in [6.45, 7) is 0.654. The molecule has 0 spiro atoms. The van der Waals surface area contributed by atoms with Crippen LogP contribution in [0.2, 0.25) is 0 Å². The number of carboxylic acid groups (broad SMARTS) is 1. The molecule has 0 bridgehead atoms. The Morgan fingerprint density at radius 3 is 2.53 bits per heavy atom. The first-order valence-corrected chi connectivity index (χ1v) is 5.32. The second-order valence-electron chi connectivity index (χ2n) is 3.85. The lowest BCUT2D eigenvalue weighted by molar-refractivity contribution is -0.140. The average molecular weight is 244 g/mol. The molecule has 1 saturated carbocycles. The number of aliphatic carboxylic acids is 1. The van der Waals surface area contributed by atoms with Crippen molar-refractivity contribution in [2.45, 2.75) is 6.42 Å². The molecule has 96 valence electrons. The summed E-state index contributed by atoms with van der Waals surface area (Å²) in [7, 11) is 1.52. The number of carbonyl (C=O) groups is 3. The Kier molecular flexibility index (Phi) is 4.89. The van der Waals surface area contributed by atoms with E-state index in [2.05, 4.69) is 10.6 Å². The molecule has 2 atom stereocenters. The van der Waals surface area contributed by atoms with Gasteiger partial charge in [0.15, 0.2) is 0 Å². The summed E-state index contributed by atoms with van der Waals surface area (Å²) >= 11 is 0. The molecule has 0 aliphatic heterocycles. The Balaban J connectivity index is 2.12. The van der Waals surface area contributed by atoms with Crippen molar-refractivity contribution in [2.24, 2.45) is 11.8 Å². The molecule has 0 aromatic carbocycles. The number of carboxylic acids is 1. The second kappa shape index (κ2) is 6.19. The maximum Gasteiger partial charge on any atom is 0.307 e. The molecule has 7 nitrogen and oxygen atoms in total. The van der Waals surface area contributed by atoms with Gasteiger partial charge in [-0.3, -0.25) is 14.4 Å². The van der Waals surface area contributed by atoms with Gasteiger partial charge in [0.05, 0.1) is 25.0 Å². The number of amides is 2. The molecule has 1 aliphatic rings. The zero-order chi connectivity index (χ0) is 12.8. The van der Waals surface area contributed by atoms with E-state index in [4.69, 9.17) is 9.84 Å². The fraction of sp³-hybridized carbons (Fsp3) is 0.700.